The fourth-order valence-electron chi connectivity index (χ4n) is 1.64. The minimum Gasteiger partial charge on any atom is -0.493 e. The van der Waals surface area contributed by atoms with E-state index in [4.69, 9.17) is 9.84 Å². The van der Waals surface area contributed by atoms with Crippen molar-refractivity contribution in [2.24, 2.45) is 0 Å². The Kier molecular flexibility index (Phi) is 6.98. The topological polar surface area (TPSA) is 29.5 Å². The first kappa shape index (κ1) is 14.6. The molecule has 0 aliphatic rings. The summed E-state index contributed by atoms with van der Waals surface area (Å²) >= 11 is 0. The van der Waals surface area contributed by atoms with E-state index in [0.29, 0.717) is 6.42 Å². The van der Waals surface area contributed by atoms with Crippen LogP contribution in [-0.4, -0.2) is 18.3 Å². The second-order valence-electron chi connectivity index (χ2n) is 4.31. The Hall–Kier alpha value is -1.46. The third-order valence-corrected chi connectivity index (χ3v) is 2.65. The summed E-state index contributed by atoms with van der Waals surface area (Å²) < 4.78 is 5.73. The van der Waals surface area contributed by atoms with Crippen LogP contribution in [0.5, 0.6) is 5.75 Å². The summed E-state index contributed by atoms with van der Waals surface area (Å²) in [4.78, 5) is 0. The first-order chi connectivity index (χ1) is 8.77. The molecule has 0 saturated heterocycles. The zero-order chi connectivity index (χ0) is 13.2. The van der Waals surface area contributed by atoms with E-state index in [1.165, 1.54) is 12.8 Å². The smallest absolute Gasteiger partial charge is 0.122 e. The summed E-state index contributed by atoms with van der Waals surface area (Å²) in [7, 11) is 0. The molecule has 2 nitrogen and oxygen atoms in total. The lowest BCUT2D eigenvalue weighted by Gasteiger charge is -2.08. The lowest BCUT2D eigenvalue weighted by molar-refractivity contribution is 0.304. The first-order valence-electron chi connectivity index (χ1n) is 6.61. The van der Waals surface area contributed by atoms with E-state index in [1.54, 1.807) is 0 Å². The monoisotopic (exact) mass is 246 g/mol. The van der Waals surface area contributed by atoms with Crippen molar-refractivity contribution in [3.8, 4) is 17.6 Å². The first-order valence-corrected chi connectivity index (χ1v) is 6.61. The molecule has 1 aromatic rings. The third-order valence-electron chi connectivity index (χ3n) is 2.65. The normalized spacial score (nSPS) is 9.72. The summed E-state index contributed by atoms with van der Waals surface area (Å²) in [5.74, 6) is 6.88. The lowest BCUT2D eigenvalue weighted by Crippen LogP contribution is -1.98. The van der Waals surface area contributed by atoms with Crippen LogP contribution in [0.15, 0.2) is 18.2 Å². The molecule has 2 heteroatoms. The summed E-state index contributed by atoms with van der Waals surface area (Å²) in [5.41, 5.74) is 2.09. The highest BCUT2D eigenvalue weighted by molar-refractivity contribution is 5.43. The molecule has 1 aromatic carbocycles. The Morgan fingerprint density at radius 1 is 1.28 bits per heavy atom. The number of hydrogen-bond acceptors (Lipinski definition) is 2. The summed E-state index contributed by atoms with van der Waals surface area (Å²) in [6.45, 7) is 5.12. The zero-order valence-electron chi connectivity index (χ0n) is 11.3. The van der Waals surface area contributed by atoms with Crippen molar-refractivity contribution in [3.63, 3.8) is 0 Å². The predicted molar refractivity (Wildman–Crippen MR) is 74.8 cm³/mol. The molecule has 0 bridgehead atoms. The van der Waals surface area contributed by atoms with Gasteiger partial charge in [-0.1, -0.05) is 31.6 Å². The highest BCUT2D eigenvalue weighted by Crippen LogP contribution is 2.19. The van der Waals surface area contributed by atoms with Crippen LogP contribution in [0.25, 0.3) is 0 Å². The van der Waals surface area contributed by atoms with E-state index in [1.807, 2.05) is 25.1 Å². The number of rotatable bonds is 6. The Bertz CT molecular complexity index is 413. The maximum atomic E-state index is 8.66. The van der Waals surface area contributed by atoms with Gasteiger partial charge in [0.2, 0.25) is 0 Å². The van der Waals surface area contributed by atoms with Gasteiger partial charge in [-0.15, -0.1) is 0 Å². The number of benzene rings is 1. The summed E-state index contributed by atoms with van der Waals surface area (Å²) in [6, 6.07) is 5.97. The highest BCUT2D eigenvalue weighted by Gasteiger charge is 1.99. The van der Waals surface area contributed by atoms with Gasteiger partial charge >= 0.3 is 0 Å². The van der Waals surface area contributed by atoms with Crippen LogP contribution in [-0.2, 0) is 0 Å². The van der Waals surface area contributed by atoms with E-state index < -0.39 is 0 Å². The van der Waals surface area contributed by atoms with E-state index in [9.17, 15) is 0 Å². The quantitative estimate of drug-likeness (QED) is 0.616. The molecule has 0 aromatic heterocycles. The molecule has 98 valence electrons. The molecule has 0 heterocycles. The van der Waals surface area contributed by atoms with Crippen LogP contribution in [0.3, 0.4) is 0 Å². The van der Waals surface area contributed by atoms with Gasteiger partial charge in [0.15, 0.2) is 0 Å². The van der Waals surface area contributed by atoms with Crippen molar-refractivity contribution in [3.05, 3.63) is 29.3 Å². The van der Waals surface area contributed by atoms with Crippen LogP contribution in [0.4, 0.5) is 0 Å². The van der Waals surface area contributed by atoms with Crippen molar-refractivity contribution in [2.45, 2.75) is 39.5 Å². The van der Waals surface area contributed by atoms with Gasteiger partial charge in [0.25, 0.3) is 0 Å². The fraction of sp³-hybridized carbons (Fsp3) is 0.500. The van der Waals surface area contributed by atoms with Crippen LogP contribution in [0.2, 0.25) is 0 Å². The molecule has 0 aliphatic carbocycles. The largest absolute Gasteiger partial charge is 0.493 e. The van der Waals surface area contributed by atoms with Gasteiger partial charge in [0, 0.05) is 12.0 Å². The molecule has 1 N–H and O–H groups in total. The minimum absolute atomic E-state index is 0.116. The SMILES string of the molecule is CCCCCOc1ccc(C#CCCO)cc1C. The van der Waals surface area contributed by atoms with Crippen molar-refractivity contribution in [1.29, 1.82) is 0 Å². The molecule has 0 radical (unpaired) electrons. The summed E-state index contributed by atoms with van der Waals surface area (Å²) in [5, 5.41) is 8.66. The van der Waals surface area contributed by atoms with Crippen molar-refractivity contribution >= 4 is 0 Å². The molecule has 1 rings (SSSR count). The van der Waals surface area contributed by atoms with Crippen LogP contribution in [0, 0.1) is 18.8 Å². The number of aliphatic hydroxyl groups excluding tert-OH is 1. The molecule has 0 fully saturated rings. The number of unbranched alkanes of at least 4 members (excludes halogenated alkanes) is 2. The highest BCUT2D eigenvalue weighted by atomic mass is 16.5. The molecule has 0 unspecified atom stereocenters. The fourth-order valence-corrected chi connectivity index (χ4v) is 1.64. The van der Waals surface area contributed by atoms with Crippen LogP contribution in [0.1, 0.15) is 43.7 Å². The molecule has 0 spiro atoms. The average molecular weight is 246 g/mol. The number of ether oxygens (including phenoxy) is 1. The van der Waals surface area contributed by atoms with Gasteiger partial charge in [-0.05, 0) is 37.1 Å². The Balaban J connectivity index is 2.54. The van der Waals surface area contributed by atoms with Gasteiger partial charge < -0.3 is 9.84 Å². The molecular weight excluding hydrogens is 224 g/mol. The Morgan fingerprint density at radius 3 is 2.78 bits per heavy atom. The molecular formula is C16H22O2. The Morgan fingerprint density at radius 2 is 2.11 bits per heavy atom. The number of aliphatic hydroxyl groups is 1. The molecule has 0 aliphatic heterocycles. The number of hydrogen-bond donors (Lipinski definition) is 1. The molecule has 18 heavy (non-hydrogen) atoms. The third kappa shape index (κ3) is 5.25. The standard InChI is InChI=1S/C16H22O2/c1-3-4-7-12-18-16-10-9-15(13-14(16)2)8-5-6-11-17/h9-10,13,17H,3-4,6-7,11-12H2,1-2H3. The minimum atomic E-state index is 0.116. The maximum Gasteiger partial charge on any atom is 0.122 e. The molecule has 0 atom stereocenters. The van der Waals surface area contributed by atoms with E-state index in [-0.39, 0.29) is 6.61 Å². The van der Waals surface area contributed by atoms with Crippen LogP contribution < -0.4 is 4.74 Å². The van der Waals surface area contributed by atoms with E-state index in [0.717, 1.165) is 29.9 Å². The van der Waals surface area contributed by atoms with Gasteiger partial charge in [-0.2, -0.15) is 0 Å². The van der Waals surface area contributed by atoms with Crippen molar-refractivity contribution in [2.75, 3.05) is 13.2 Å². The second-order valence-corrected chi connectivity index (χ2v) is 4.31. The van der Waals surface area contributed by atoms with Gasteiger partial charge in [0.05, 0.1) is 13.2 Å². The summed E-state index contributed by atoms with van der Waals surface area (Å²) in [6.07, 6.45) is 4.05. The van der Waals surface area contributed by atoms with Gasteiger partial charge in [-0.25, -0.2) is 0 Å². The van der Waals surface area contributed by atoms with E-state index in [2.05, 4.69) is 18.8 Å². The number of aryl methyl sites for hydroxylation is 1. The van der Waals surface area contributed by atoms with Crippen LogP contribution >= 0.6 is 0 Å². The molecule has 0 amide bonds. The Labute approximate surface area is 110 Å². The average Bonchev–Trinajstić information content (AvgIpc) is 2.37. The van der Waals surface area contributed by atoms with Crippen molar-refractivity contribution < 1.29 is 9.84 Å². The molecule has 0 saturated carbocycles. The zero-order valence-corrected chi connectivity index (χ0v) is 11.3. The maximum absolute atomic E-state index is 8.66. The second kappa shape index (κ2) is 8.60. The van der Waals surface area contributed by atoms with Gasteiger partial charge in [0.1, 0.15) is 5.75 Å². The van der Waals surface area contributed by atoms with E-state index >= 15 is 0 Å². The predicted octanol–water partition coefficient (Wildman–Crippen LogP) is 3.30. The van der Waals surface area contributed by atoms with Crippen molar-refractivity contribution in [1.82, 2.24) is 0 Å². The van der Waals surface area contributed by atoms with Gasteiger partial charge in [-0.3, -0.25) is 0 Å². The lowest BCUT2D eigenvalue weighted by atomic mass is 10.1.